The van der Waals surface area contributed by atoms with Crippen molar-refractivity contribution in [3.8, 4) is 55.6 Å². The first-order valence-corrected chi connectivity index (χ1v) is 23.3. The number of rotatable bonds is 8. The molecule has 0 radical (unpaired) electrons. The maximum atomic E-state index is 7.23. The predicted molar refractivity (Wildman–Crippen MR) is 288 cm³/mol. The van der Waals surface area contributed by atoms with Gasteiger partial charge in [0.15, 0.2) is 5.58 Å². The van der Waals surface area contributed by atoms with Crippen LogP contribution in [0.4, 0.5) is 17.1 Å². The molecule has 0 aliphatic carbocycles. The van der Waals surface area contributed by atoms with Crippen molar-refractivity contribution in [3.05, 3.63) is 261 Å². The Bertz CT molecular complexity index is 4000. The first-order valence-electron chi connectivity index (χ1n) is 23.3. The molecule has 0 aliphatic rings. The van der Waals surface area contributed by atoms with Crippen molar-refractivity contribution in [2.24, 2.45) is 0 Å². The van der Waals surface area contributed by atoms with E-state index in [2.05, 4.69) is 266 Å². The molecule has 0 amide bonds. The minimum atomic E-state index is 0.837. The van der Waals surface area contributed by atoms with Gasteiger partial charge in [-0.2, -0.15) is 0 Å². The van der Waals surface area contributed by atoms with E-state index in [1.54, 1.807) is 0 Å². The van der Waals surface area contributed by atoms with Crippen molar-refractivity contribution in [1.29, 1.82) is 0 Å². The molecule has 0 N–H and O–H groups in total. The van der Waals surface area contributed by atoms with E-state index in [0.29, 0.717) is 0 Å². The van der Waals surface area contributed by atoms with Gasteiger partial charge in [-0.25, -0.2) is 0 Å². The van der Waals surface area contributed by atoms with Crippen LogP contribution >= 0.6 is 0 Å². The molecule has 0 atom stereocenters. The van der Waals surface area contributed by atoms with Gasteiger partial charge in [0.2, 0.25) is 0 Å². The number of furan rings is 1. The molecule has 0 saturated heterocycles. The maximum Gasteiger partial charge on any atom is 0.159 e. The number of benzene rings is 12. The lowest BCUT2D eigenvalue weighted by Crippen LogP contribution is -2.12. The SMILES string of the molecule is c1ccc(-c2cccc(-c3ccc(-c4ccc(N(c5c(-c6ccc7ccccc7c6)c6ccccc6c6ccccc56)c5cccc6c5oc5c(-c7ccccc7)cccc56)cc4)cc3)c2)cc1. The Morgan fingerprint density at radius 1 is 0.265 bits per heavy atom. The summed E-state index contributed by atoms with van der Waals surface area (Å²) in [6.07, 6.45) is 0. The lowest BCUT2D eigenvalue weighted by Gasteiger charge is -2.30. The van der Waals surface area contributed by atoms with Gasteiger partial charge < -0.3 is 9.32 Å². The van der Waals surface area contributed by atoms with Crippen LogP contribution in [-0.2, 0) is 0 Å². The molecule has 13 aromatic rings. The summed E-state index contributed by atoms with van der Waals surface area (Å²) in [5.74, 6) is 0. The minimum absolute atomic E-state index is 0.837. The maximum absolute atomic E-state index is 7.23. The first-order chi connectivity index (χ1) is 33.7. The van der Waals surface area contributed by atoms with E-state index in [-0.39, 0.29) is 0 Å². The number of para-hydroxylation sites is 2. The molecule has 1 aromatic heterocycles. The Labute approximate surface area is 395 Å². The summed E-state index contributed by atoms with van der Waals surface area (Å²) in [6.45, 7) is 0. The third-order valence-electron chi connectivity index (χ3n) is 13.6. The number of anilines is 3. The number of fused-ring (bicyclic) bond motifs is 7. The molecule has 12 aromatic carbocycles. The summed E-state index contributed by atoms with van der Waals surface area (Å²) in [7, 11) is 0. The average molecular weight is 866 g/mol. The zero-order valence-corrected chi connectivity index (χ0v) is 37.2. The second-order valence-electron chi connectivity index (χ2n) is 17.6. The minimum Gasteiger partial charge on any atom is -0.453 e. The zero-order chi connectivity index (χ0) is 45.0. The second-order valence-corrected chi connectivity index (χ2v) is 17.6. The monoisotopic (exact) mass is 865 g/mol. The van der Waals surface area contributed by atoms with Crippen molar-refractivity contribution in [1.82, 2.24) is 0 Å². The second kappa shape index (κ2) is 16.5. The molecule has 1 heterocycles. The fraction of sp³-hybridized carbons (Fsp3) is 0. The highest BCUT2D eigenvalue weighted by molar-refractivity contribution is 6.24. The third kappa shape index (κ3) is 6.73. The van der Waals surface area contributed by atoms with E-state index in [1.165, 1.54) is 54.7 Å². The quantitative estimate of drug-likeness (QED) is 0.142. The van der Waals surface area contributed by atoms with Crippen LogP contribution in [0.2, 0.25) is 0 Å². The fourth-order valence-corrected chi connectivity index (χ4v) is 10.4. The Morgan fingerprint density at radius 3 is 1.44 bits per heavy atom. The van der Waals surface area contributed by atoms with Crippen LogP contribution in [-0.4, -0.2) is 0 Å². The van der Waals surface area contributed by atoms with Crippen LogP contribution in [0.3, 0.4) is 0 Å². The lowest BCUT2D eigenvalue weighted by molar-refractivity contribution is 0.670. The fourth-order valence-electron chi connectivity index (χ4n) is 10.4. The van der Waals surface area contributed by atoms with Crippen LogP contribution < -0.4 is 4.90 Å². The van der Waals surface area contributed by atoms with Gasteiger partial charge in [-0.05, 0) is 102 Å². The number of nitrogens with zero attached hydrogens (tertiary/aromatic N) is 1. The van der Waals surface area contributed by atoms with Gasteiger partial charge in [-0.15, -0.1) is 0 Å². The van der Waals surface area contributed by atoms with Gasteiger partial charge in [0.05, 0.1) is 11.4 Å². The molecule has 318 valence electrons. The van der Waals surface area contributed by atoms with Crippen LogP contribution in [0, 0.1) is 0 Å². The van der Waals surface area contributed by atoms with Crippen LogP contribution in [0.5, 0.6) is 0 Å². The summed E-state index contributed by atoms with van der Waals surface area (Å²) >= 11 is 0. The Balaban J connectivity index is 1.03. The summed E-state index contributed by atoms with van der Waals surface area (Å²) < 4.78 is 7.23. The third-order valence-corrected chi connectivity index (χ3v) is 13.6. The van der Waals surface area contributed by atoms with Crippen molar-refractivity contribution < 1.29 is 4.42 Å². The van der Waals surface area contributed by atoms with E-state index in [1.807, 2.05) is 0 Å². The van der Waals surface area contributed by atoms with E-state index < -0.39 is 0 Å². The van der Waals surface area contributed by atoms with Gasteiger partial charge in [0.1, 0.15) is 5.58 Å². The topological polar surface area (TPSA) is 16.4 Å². The molecule has 0 unspecified atom stereocenters. The summed E-state index contributed by atoms with van der Waals surface area (Å²) in [5.41, 5.74) is 16.4. The number of hydrogen-bond donors (Lipinski definition) is 0. The highest BCUT2D eigenvalue weighted by Crippen LogP contribution is 2.52. The van der Waals surface area contributed by atoms with E-state index in [4.69, 9.17) is 4.42 Å². The predicted octanol–water partition coefficient (Wildman–Crippen LogP) is 18.9. The largest absolute Gasteiger partial charge is 0.453 e. The van der Waals surface area contributed by atoms with Crippen molar-refractivity contribution >= 4 is 71.3 Å². The van der Waals surface area contributed by atoms with Crippen LogP contribution in [0.25, 0.3) is 110 Å². The number of hydrogen-bond acceptors (Lipinski definition) is 2. The van der Waals surface area contributed by atoms with Gasteiger partial charge in [0, 0.05) is 33.0 Å². The van der Waals surface area contributed by atoms with Gasteiger partial charge >= 0.3 is 0 Å². The van der Waals surface area contributed by atoms with Crippen molar-refractivity contribution in [2.75, 3.05) is 4.90 Å². The van der Waals surface area contributed by atoms with Crippen molar-refractivity contribution in [2.45, 2.75) is 0 Å². The molecule has 0 bridgehead atoms. The average Bonchev–Trinajstić information content (AvgIpc) is 3.81. The molecule has 0 spiro atoms. The molecular formula is C66H43NO. The van der Waals surface area contributed by atoms with Gasteiger partial charge in [0.25, 0.3) is 0 Å². The molecular weight excluding hydrogens is 823 g/mol. The summed E-state index contributed by atoms with van der Waals surface area (Å²) in [6, 6.07) is 94.4. The Morgan fingerprint density at radius 2 is 0.735 bits per heavy atom. The molecule has 0 saturated carbocycles. The van der Waals surface area contributed by atoms with Gasteiger partial charge in [-0.1, -0.05) is 231 Å². The molecule has 2 nitrogen and oxygen atoms in total. The Hall–Kier alpha value is -8.98. The van der Waals surface area contributed by atoms with Crippen LogP contribution in [0.1, 0.15) is 0 Å². The zero-order valence-electron chi connectivity index (χ0n) is 37.2. The summed E-state index contributed by atoms with van der Waals surface area (Å²) in [5, 5.41) is 9.34. The molecule has 0 fully saturated rings. The first kappa shape index (κ1) is 39.4. The van der Waals surface area contributed by atoms with Crippen LogP contribution in [0.15, 0.2) is 265 Å². The normalized spacial score (nSPS) is 11.5. The molecule has 13 rings (SSSR count). The highest BCUT2D eigenvalue weighted by atomic mass is 16.3. The summed E-state index contributed by atoms with van der Waals surface area (Å²) in [4.78, 5) is 2.46. The lowest BCUT2D eigenvalue weighted by atomic mass is 9.89. The van der Waals surface area contributed by atoms with E-state index in [9.17, 15) is 0 Å². The smallest absolute Gasteiger partial charge is 0.159 e. The molecule has 68 heavy (non-hydrogen) atoms. The highest BCUT2D eigenvalue weighted by Gasteiger charge is 2.27. The molecule has 2 heteroatoms. The molecule has 0 aliphatic heterocycles. The Kier molecular flexibility index (Phi) is 9.54. The van der Waals surface area contributed by atoms with E-state index in [0.717, 1.165) is 72.2 Å². The van der Waals surface area contributed by atoms with Gasteiger partial charge in [-0.3, -0.25) is 0 Å². The van der Waals surface area contributed by atoms with Crippen molar-refractivity contribution in [3.63, 3.8) is 0 Å². The standard InChI is InChI=1S/C66H43NO/c1-3-16-44(17-4-1)51-22-13-23-52(42-51)48-34-32-46(33-35-48)47-38-40-54(41-39-47)67(62-31-15-30-61-60-29-14-28-55(65(60)68-66(61)62)49-19-5-2-6-20-49)64-59-27-12-10-25-57(59)56-24-9-11-26-58(56)63(64)53-37-36-45-18-7-8-21-50(45)43-53/h1-43H. The van der Waals surface area contributed by atoms with E-state index >= 15 is 0 Å².